The molecule has 8 nitrogen and oxygen atoms in total. The number of carbonyl (C=O) groups is 2. The Labute approximate surface area is 181 Å². The van der Waals surface area contributed by atoms with Gasteiger partial charge in [-0.05, 0) is 31.0 Å². The summed E-state index contributed by atoms with van der Waals surface area (Å²) < 4.78 is 45.5. The van der Waals surface area contributed by atoms with E-state index in [1.807, 2.05) is 0 Å². The Morgan fingerprint density at radius 2 is 1.84 bits per heavy atom. The lowest BCUT2D eigenvalue weighted by Crippen LogP contribution is -2.55. The van der Waals surface area contributed by atoms with Gasteiger partial charge in [0.2, 0.25) is 5.91 Å². The Morgan fingerprint density at radius 3 is 2.44 bits per heavy atom. The van der Waals surface area contributed by atoms with Gasteiger partial charge in [-0.25, -0.2) is 0 Å². The molecule has 0 fully saturated rings. The Bertz CT molecular complexity index is 1070. The minimum absolute atomic E-state index is 0.00661. The van der Waals surface area contributed by atoms with Crippen LogP contribution in [-0.4, -0.2) is 28.9 Å². The second kappa shape index (κ2) is 8.48. The minimum atomic E-state index is -4.70. The second-order valence-electron chi connectivity index (χ2n) is 7.61. The van der Waals surface area contributed by atoms with Crippen molar-refractivity contribution in [3.05, 3.63) is 58.1 Å². The highest BCUT2D eigenvalue weighted by Gasteiger charge is 2.42. The fourth-order valence-corrected chi connectivity index (χ4v) is 3.36. The maximum atomic E-state index is 13.3. The molecule has 2 atom stereocenters. The smallest absolute Gasteiger partial charge is 0.418 e. The second-order valence-corrected chi connectivity index (χ2v) is 7.61. The number of hydrogen-bond donors (Lipinski definition) is 1. The third-order valence-corrected chi connectivity index (χ3v) is 5.01. The van der Waals surface area contributed by atoms with E-state index >= 15 is 0 Å². The van der Waals surface area contributed by atoms with Crippen molar-refractivity contribution in [1.82, 2.24) is 0 Å². The summed E-state index contributed by atoms with van der Waals surface area (Å²) in [4.78, 5) is 37.6. The van der Waals surface area contributed by atoms with Crippen LogP contribution in [0.2, 0.25) is 0 Å². The molecule has 1 aliphatic rings. The molecule has 2 unspecified atom stereocenters. The number of nitro groups is 1. The van der Waals surface area contributed by atoms with Gasteiger partial charge in [0, 0.05) is 12.1 Å². The standard InChI is InChI=1S/C21H20F3N3O5/c1-11(2)18-20(29)26(16-10-13(27(30)31)8-9-17(16)32-18)12(3)19(28)25-15-7-5-4-6-14(15)21(22,23)24/h4-12,18H,1-3H3,(H,25,28). The summed E-state index contributed by atoms with van der Waals surface area (Å²) in [5.41, 5.74) is -1.83. The van der Waals surface area contributed by atoms with Gasteiger partial charge in [-0.1, -0.05) is 26.0 Å². The number of non-ortho nitro benzene ring substituents is 1. The molecular weight excluding hydrogens is 431 g/mol. The summed E-state index contributed by atoms with van der Waals surface area (Å²) in [6.07, 6.45) is -5.67. The van der Waals surface area contributed by atoms with Crippen LogP contribution in [0.5, 0.6) is 5.75 Å². The normalized spacial score (nSPS) is 16.9. The number of alkyl halides is 3. The highest BCUT2D eigenvalue weighted by atomic mass is 19.4. The zero-order chi connectivity index (χ0) is 23.8. The van der Waals surface area contributed by atoms with Gasteiger partial charge in [-0.3, -0.25) is 24.6 Å². The molecule has 0 aliphatic carbocycles. The molecule has 0 saturated carbocycles. The lowest BCUT2D eigenvalue weighted by molar-refractivity contribution is -0.384. The lowest BCUT2D eigenvalue weighted by Gasteiger charge is -2.38. The van der Waals surface area contributed by atoms with E-state index < -0.39 is 46.3 Å². The van der Waals surface area contributed by atoms with E-state index in [1.54, 1.807) is 13.8 Å². The highest BCUT2D eigenvalue weighted by Crippen LogP contribution is 2.40. The number of para-hydroxylation sites is 1. The van der Waals surface area contributed by atoms with Crippen molar-refractivity contribution in [3.63, 3.8) is 0 Å². The van der Waals surface area contributed by atoms with Gasteiger partial charge < -0.3 is 10.1 Å². The van der Waals surface area contributed by atoms with Crippen molar-refractivity contribution in [2.24, 2.45) is 5.92 Å². The molecular formula is C21H20F3N3O5. The zero-order valence-electron chi connectivity index (χ0n) is 17.3. The number of anilines is 2. The van der Waals surface area contributed by atoms with Gasteiger partial charge >= 0.3 is 6.18 Å². The molecule has 0 saturated heterocycles. The Morgan fingerprint density at radius 1 is 1.19 bits per heavy atom. The number of rotatable bonds is 5. The summed E-state index contributed by atoms with van der Waals surface area (Å²) in [6.45, 7) is 4.78. The van der Waals surface area contributed by atoms with Gasteiger partial charge in [-0.15, -0.1) is 0 Å². The number of nitrogens with zero attached hydrogens (tertiary/aromatic N) is 2. The number of benzene rings is 2. The summed E-state index contributed by atoms with van der Waals surface area (Å²) in [7, 11) is 0. The van der Waals surface area contributed by atoms with Crippen molar-refractivity contribution < 1.29 is 32.4 Å². The Balaban J connectivity index is 2.00. The monoisotopic (exact) mass is 451 g/mol. The first-order valence-corrected chi connectivity index (χ1v) is 9.67. The maximum absolute atomic E-state index is 13.3. The molecule has 1 aliphatic heterocycles. The van der Waals surface area contributed by atoms with E-state index in [9.17, 15) is 32.9 Å². The zero-order valence-corrected chi connectivity index (χ0v) is 17.3. The average Bonchev–Trinajstić information content (AvgIpc) is 2.71. The molecule has 1 heterocycles. The minimum Gasteiger partial charge on any atom is -0.478 e. The summed E-state index contributed by atoms with van der Waals surface area (Å²) in [6, 6.07) is 6.80. The van der Waals surface area contributed by atoms with Crippen molar-refractivity contribution in [2.75, 3.05) is 10.2 Å². The third kappa shape index (κ3) is 4.36. The number of halogens is 3. The molecule has 2 amide bonds. The van der Waals surface area contributed by atoms with Crippen LogP contribution in [0.15, 0.2) is 42.5 Å². The largest absolute Gasteiger partial charge is 0.478 e. The molecule has 0 spiro atoms. The number of amides is 2. The third-order valence-electron chi connectivity index (χ3n) is 5.01. The summed E-state index contributed by atoms with van der Waals surface area (Å²) >= 11 is 0. The molecule has 1 N–H and O–H groups in total. The maximum Gasteiger partial charge on any atom is 0.418 e. The molecule has 2 aromatic carbocycles. The van der Waals surface area contributed by atoms with E-state index in [0.717, 1.165) is 23.1 Å². The highest BCUT2D eigenvalue weighted by molar-refractivity contribution is 6.08. The molecule has 32 heavy (non-hydrogen) atoms. The van der Waals surface area contributed by atoms with Crippen LogP contribution in [0.1, 0.15) is 26.3 Å². The van der Waals surface area contributed by atoms with Crippen LogP contribution in [0, 0.1) is 16.0 Å². The predicted octanol–water partition coefficient (Wildman–Crippen LogP) is 4.39. The fraction of sp³-hybridized carbons (Fsp3) is 0.333. The quantitative estimate of drug-likeness (QED) is 0.537. The van der Waals surface area contributed by atoms with Crippen molar-refractivity contribution in [2.45, 2.75) is 39.1 Å². The molecule has 170 valence electrons. The first kappa shape index (κ1) is 23.0. The van der Waals surface area contributed by atoms with Crippen LogP contribution in [-0.2, 0) is 15.8 Å². The van der Waals surface area contributed by atoms with E-state index in [-0.39, 0.29) is 23.0 Å². The topological polar surface area (TPSA) is 102 Å². The first-order valence-electron chi connectivity index (χ1n) is 9.67. The number of fused-ring (bicyclic) bond motifs is 1. The van der Waals surface area contributed by atoms with E-state index in [1.165, 1.54) is 31.2 Å². The number of nitrogens with one attached hydrogen (secondary N) is 1. The summed E-state index contributed by atoms with van der Waals surface area (Å²) in [5, 5.41) is 13.4. The van der Waals surface area contributed by atoms with Crippen molar-refractivity contribution in [1.29, 1.82) is 0 Å². The van der Waals surface area contributed by atoms with E-state index in [2.05, 4.69) is 5.32 Å². The summed E-state index contributed by atoms with van der Waals surface area (Å²) in [5.74, 6) is -1.66. The van der Waals surface area contributed by atoms with E-state index in [0.29, 0.717) is 0 Å². The van der Waals surface area contributed by atoms with Crippen LogP contribution in [0.4, 0.5) is 30.2 Å². The van der Waals surface area contributed by atoms with Gasteiger partial charge in [0.05, 0.1) is 21.9 Å². The Kier molecular flexibility index (Phi) is 6.11. The van der Waals surface area contributed by atoms with Crippen molar-refractivity contribution >= 4 is 28.9 Å². The SMILES string of the molecule is CC(C)C1Oc2ccc([N+](=O)[O-])cc2N(C(C)C(=O)Nc2ccccc2C(F)(F)F)C1=O. The van der Waals surface area contributed by atoms with E-state index in [4.69, 9.17) is 4.74 Å². The lowest BCUT2D eigenvalue weighted by atomic mass is 10.0. The van der Waals surface area contributed by atoms with Gasteiger partial charge in [-0.2, -0.15) is 13.2 Å². The van der Waals surface area contributed by atoms with Crippen molar-refractivity contribution in [3.8, 4) is 5.75 Å². The van der Waals surface area contributed by atoms with Crippen LogP contribution in [0.3, 0.4) is 0 Å². The average molecular weight is 451 g/mol. The van der Waals surface area contributed by atoms with Crippen LogP contribution < -0.4 is 15.0 Å². The Hall–Kier alpha value is -3.63. The van der Waals surface area contributed by atoms with Gasteiger partial charge in [0.25, 0.3) is 11.6 Å². The number of hydrogen-bond acceptors (Lipinski definition) is 5. The molecule has 2 aromatic rings. The van der Waals surface area contributed by atoms with Gasteiger partial charge in [0.1, 0.15) is 11.8 Å². The molecule has 0 bridgehead atoms. The molecule has 11 heteroatoms. The number of carbonyl (C=O) groups excluding carboxylic acids is 2. The molecule has 0 radical (unpaired) electrons. The predicted molar refractivity (Wildman–Crippen MR) is 109 cm³/mol. The molecule has 0 aromatic heterocycles. The van der Waals surface area contributed by atoms with Gasteiger partial charge in [0.15, 0.2) is 6.10 Å². The number of ether oxygens (including phenoxy) is 1. The first-order chi connectivity index (χ1) is 14.9. The fourth-order valence-electron chi connectivity index (χ4n) is 3.36. The van der Waals surface area contributed by atoms with Crippen LogP contribution in [0.25, 0.3) is 0 Å². The van der Waals surface area contributed by atoms with Crippen LogP contribution >= 0.6 is 0 Å². The molecule has 3 rings (SSSR count). The number of nitro benzene ring substituents is 1.